The van der Waals surface area contributed by atoms with Crippen LogP contribution in [0.4, 0.5) is 0 Å². The van der Waals surface area contributed by atoms with E-state index < -0.39 is 0 Å². The van der Waals surface area contributed by atoms with Crippen LogP contribution >= 0.6 is 12.4 Å². The van der Waals surface area contributed by atoms with Crippen molar-refractivity contribution in [2.75, 3.05) is 39.4 Å². The fourth-order valence-corrected chi connectivity index (χ4v) is 3.95. The first-order valence-corrected chi connectivity index (χ1v) is 7.29. The number of piperidine rings is 1. The standard InChI is InChI=1S/C14H26N2O.ClH/c1-14(5-6-15-10-14)11-16-7-2-3-12-9-17-8-4-13(12)16;/h12-13,15H,2-11H2,1H3;1H. The molecule has 3 atom stereocenters. The van der Waals surface area contributed by atoms with E-state index in [0.717, 1.165) is 25.2 Å². The second-order valence-electron chi connectivity index (χ2n) is 6.54. The van der Waals surface area contributed by atoms with E-state index in [4.69, 9.17) is 4.74 Å². The number of nitrogens with one attached hydrogen (secondary N) is 1. The highest BCUT2D eigenvalue weighted by atomic mass is 35.5. The molecule has 0 aromatic carbocycles. The predicted octanol–water partition coefficient (Wildman–Crippen LogP) is 1.91. The molecule has 106 valence electrons. The molecule has 0 amide bonds. The first-order chi connectivity index (χ1) is 8.27. The van der Waals surface area contributed by atoms with Gasteiger partial charge in [0.2, 0.25) is 0 Å². The zero-order valence-corrected chi connectivity index (χ0v) is 12.3. The molecule has 0 aliphatic carbocycles. The first kappa shape index (κ1) is 14.6. The Kier molecular flexibility index (Phi) is 4.92. The van der Waals surface area contributed by atoms with Crippen LogP contribution in [0.2, 0.25) is 0 Å². The van der Waals surface area contributed by atoms with E-state index in [1.807, 2.05) is 0 Å². The van der Waals surface area contributed by atoms with Crippen LogP contribution in [-0.2, 0) is 4.74 Å². The number of hydrogen-bond acceptors (Lipinski definition) is 3. The molecule has 3 fully saturated rings. The average molecular weight is 275 g/mol. The summed E-state index contributed by atoms with van der Waals surface area (Å²) in [5.41, 5.74) is 0.514. The highest BCUT2D eigenvalue weighted by Crippen LogP contribution is 2.33. The van der Waals surface area contributed by atoms with Crippen LogP contribution in [0.1, 0.15) is 32.6 Å². The third kappa shape index (κ3) is 3.01. The van der Waals surface area contributed by atoms with Crippen molar-refractivity contribution in [2.45, 2.75) is 38.6 Å². The molecule has 3 aliphatic rings. The Balaban J connectivity index is 0.00000120. The van der Waals surface area contributed by atoms with Crippen LogP contribution in [-0.4, -0.2) is 50.3 Å². The van der Waals surface area contributed by atoms with Gasteiger partial charge < -0.3 is 10.1 Å². The lowest BCUT2D eigenvalue weighted by Crippen LogP contribution is -2.52. The number of likely N-dealkylation sites (tertiary alicyclic amines) is 1. The minimum atomic E-state index is 0. The summed E-state index contributed by atoms with van der Waals surface area (Å²) in [5, 5.41) is 3.52. The lowest BCUT2D eigenvalue weighted by Gasteiger charge is -2.46. The molecule has 0 saturated carbocycles. The van der Waals surface area contributed by atoms with Gasteiger partial charge in [0.05, 0.1) is 6.61 Å². The van der Waals surface area contributed by atoms with Crippen molar-refractivity contribution in [3.63, 3.8) is 0 Å². The Morgan fingerprint density at radius 2 is 2.28 bits per heavy atom. The molecular formula is C14H27ClN2O. The summed E-state index contributed by atoms with van der Waals surface area (Å²) in [4.78, 5) is 2.78. The normalized spacial score (nSPS) is 41.2. The third-order valence-electron chi connectivity index (χ3n) is 4.97. The van der Waals surface area contributed by atoms with Gasteiger partial charge in [-0.2, -0.15) is 0 Å². The van der Waals surface area contributed by atoms with Gasteiger partial charge >= 0.3 is 0 Å². The van der Waals surface area contributed by atoms with Gasteiger partial charge in [-0.1, -0.05) is 6.92 Å². The average Bonchev–Trinajstić information content (AvgIpc) is 2.76. The second-order valence-corrected chi connectivity index (χ2v) is 6.54. The zero-order chi connectivity index (χ0) is 11.7. The van der Waals surface area contributed by atoms with E-state index in [0.29, 0.717) is 5.41 Å². The summed E-state index contributed by atoms with van der Waals surface area (Å²) in [6.45, 7) is 9.47. The zero-order valence-electron chi connectivity index (χ0n) is 11.5. The van der Waals surface area contributed by atoms with Gasteiger partial charge in [-0.3, -0.25) is 4.90 Å². The molecule has 3 saturated heterocycles. The molecule has 1 N–H and O–H groups in total. The summed E-state index contributed by atoms with van der Waals surface area (Å²) in [7, 11) is 0. The van der Waals surface area contributed by atoms with Crippen molar-refractivity contribution in [1.82, 2.24) is 10.2 Å². The molecule has 0 bridgehead atoms. The van der Waals surface area contributed by atoms with E-state index in [1.54, 1.807) is 0 Å². The van der Waals surface area contributed by atoms with Crippen molar-refractivity contribution in [2.24, 2.45) is 11.3 Å². The van der Waals surface area contributed by atoms with Gasteiger partial charge in [0.15, 0.2) is 0 Å². The van der Waals surface area contributed by atoms with E-state index >= 15 is 0 Å². The Labute approximate surface area is 117 Å². The predicted molar refractivity (Wildman–Crippen MR) is 76.4 cm³/mol. The SMILES string of the molecule is CC1(CN2CCCC3COCCC32)CCNC1.Cl. The summed E-state index contributed by atoms with van der Waals surface area (Å²) in [6, 6.07) is 0.815. The quantitative estimate of drug-likeness (QED) is 0.833. The number of halogens is 1. The van der Waals surface area contributed by atoms with Crippen molar-refractivity contribution in [3.05, 3.63) is 0 Å². The van der Waals surface area contributed by atoms with Gasteiger partial charge in [0.1, 0.15) is 0 Å². The first-order valence-electron chi connectivity index (χ1n) is 7.29. The molecule has 3 aliphatic heterocycles. The smallest absolute Gasteiger partial charge is 0.0509 e. The van der Waals surface area contributed by atoms with Crippen molar-refractivity contribution in [1.29, 1.82) is 0 Å². The van der Waals surface area contributed by atoms with Crippen molar-refractivity contribution in [3.8, 4) is 0 Å². The molecule has 3 heterocycles. The fourth-order valence-electron chi connectivity index (χ4n) is 3.95. The Bertz CT molecular complexity index is 267. The van der Waals surface area contributed by atoms with Crippen molar-refractivity contribution >= 4 is 12.4 Å². The third-order valence-corrected chi connectivity index (χ3v) is 4.97. The summed E-state index contributed by atoms with van der Waals surface area (Å²) < 4.78 is 5.64. The second kappa shape index (κ2) is 6.08. The highest BCUT2D eigenvalue weighted by Gasteiger charge is 2.38. The van der Waals surface area contributed by atoms with Gasteiger partial charge in [0, 0.05) is 25.7 Å². The number of nitrogens with zero attached hydrogens (tertiary/aromatic N) is 1. The Morgan fingerprint density at radius 3 is 3.06 bits per heavy atom. The molecule has 18 heavy (non-hydrogen) atoms. The minimum Gasteiger partial charge on any atom is -0.381 e. The van der Waals surface area contributed by atoms with Crippen LogP contribution in [0.3, 0.4) is 0 Å². The molecule has 3 unspecified atom stereocenters. The lowest BCUT2D eigenvalue weighted by atomic mass is 9.82. The molecule has 0 spiro atoms. The number of fused-ring (bicyclic) bond motifs is 1. The Hall–Kier alpha value is 0.170. The van der Waals surface area contributed by atoms with Gasteiger partial charge in [-0.25, -0.2) is 0 Å². The largest absolute Gasteiger partial charge is 0.381 e. The van der Waals surface area contributed by atoms with Gasteiger partial charge in [-0.15, -0.1) is 12.4 Å². The molecule has 0 aromatic rings. The maximum atomic E-state index is 5.64. The van der Waals surface area contributed by atoms with Gasteiger partial charge in [0.25, 0.3) is 0 Å². The van der Waals surface area contributed by atoms with E-state index in [2.05, 4.69) is 17.1 Å². The maximum absolute atomic E-state index is 5.64. The molecular weight excluding hydrogens is 248 g/mol. The van der Waals surface area contributed by atoms with Crippen LogP contribution in [0.5, 0.6) is 0 Å². The fraction of sp³-hybridized carbons (Fsp3) is 1.00. The lowest BCUT2D eigenvalue weighted by molar-refractivity contribution is -0.0457. The van der Waals surface area contributed by atoms with E-state index in [9.17, 15) is 0 Å². The Morgan fingerprint density at radius 1 is 1.39 bits per heavy atom. The number of hydrogen-bond donors (Lipinski definition) is 1. The number of ether oxygens (including phenoxy) is 1. The van der Waals surface area contributed by atoms with Gasteiger partial charge in [-0.05, 0) is 50.1 Å². The summed E-state index contributed by atoms with van der Waals surface area (Å²) in [6.07, 6.45) is 5.36. The topological polar surface area (TPSA) is 24.5 Å². The van der Waals surface area contributed by atoms with Crippen LogP contribution in [0.25, 0.3) is 0 Å². The van der Waals surface area contributed by atoms with Crippen LogP contribution in [0, 0.1) is 11.3 Å². The van der Waals surface area contributed by atoms with Crippen LogP contribution in [0.15, 0.2) is 0 Å². The van der Waals surface area contributed by atoms with Crippen molar-refractivity contribution < 1.29 is 4.74 Å². The maximum Gasteiger partial charge on any atom is 0.0509 e. The molecule has 4 heteroatoms. The monoisotopic (exact) mass is 274 g/mol. The van der Waals surface area contributed by atoms with Crippen LogP contribution < -0.4 is 5.32 Å². The number of rotatable bonds is 2. The minimum absolute atomic E-state index is 0. The molecule has 3 rings (SSSR count). The molecule has 3 nitrogen and oxygen atoms in total. The summed E-state index contributed by atoms with van der Waals surface area (Å²) >= 11 is 0. The highest BCUT2D eigenvalue weighted by molar-refractivity contribution is 5.85. The molecule has 0 radical (unpaired) electrons. The molecule has 0 aromatic heterocycles. The summed E-state index contributed by atoms with van der Waals surface area (Å²) in [5.74, 6) is 0.815. The van der Waals surface area contributed by atoms with E-state index in [1.165, 1.54) is 51.9 Å². The van der Waals surface area contributed by atoms with E-state index in [-0.39, 0.29) is 12.4 Å².